The van der Waals surface area contributed by atoms with Gasteiger partial charge in [-0.1, -0.05) is 30.3 Å². The molecular formula is C18H28N2O. The first-order valence-corrected chi connectivity index (χ1v) is 8.08. The van der Waals surface area contributed by atoms with Crippen LogP contribution in [0.25, 0.3) is 0 Å². The highest BCUT2D eigenvalue weighted by Crippen LogP contribution is 2.28. The molecule has 1 fully saturated rings. The van der Waals surface area contributed by atoms with Crippen molar-refractivity contribution in [1.82, 2.24) is 9.80 Å². The molecule has 1 aromatic rings. The van der Waals surface area contributed by atoms with Crippen molar-refractivity contribution in [2.24, 2.45) is 0 Å². The summed E-state index contributed by atoms with van der Waals surface area (Å²) in [6.45, 7) is 9.79. The Morgan fingerprint density at radius 2 is 1.67 bits per heavy atom. The average molecular weight is 288 g/mol. The van der Waals surface area contributed by atoms with E-state index in [1.54, 1.807) is 0 Å². The van der Waals surface area contributed by atoms with Gasteiger partial charge in [0.2, 0.25) is 5.91 Å². The summed E-state index contributed by atoms with van der Waals surface area (Å²) in [6.07, 6.45) is 2.45. The van der Waals surface area contributed by atoms with Crippen molar-refractivity contribution in [3.8, 4) is 0 Å². The molecule has 1 aliphatic rings. The van der Waals surface area contributed by atoms with E-state index in [2.05, 4.69) is 56.9 Å². The van der Waals surface area contributed by atoms with E-state index < -0.39 is 0 Å². The standard InChI is InChI=1S/C18H28N2O/c1-14(2)20(15(3)4)18(21)13-19(17-10-11-17)12-16-8-6-5-7-9-16/h5-9,14-15,17H,10-13H2,1-4H3. The van der Waals surface area contributed by atoms with E-state index in [0.29, 0.717) is 12.6 Å². The predicted molar refractivity (Wildman–Crippen MR) is 87.0 cm³/mol. The first-order chi connectivity index (χ1) is 9.99. The summed E-state index contributed by atoms with van der Waals surface area (Å²) in [5.74, 6) is 0.253. The van der Waals surface area contributed by atoms with Gasteiger partial charge in [0, 0.05) is 24.7 Å². The fourth-order valence-corrected chi connectivity index (χ4v) is 3.00. The molecule has 3 heteroatoms. The third-order valence-electron chi connectivity index (χ3n) is 4.03. The Kier molecular flexibility index (Phi) is 5.40. The molecule has 0 aromatic heterocycles. The van der Waals surface area contributed by atoms with Gasteiger partial charge in [-0.15, -0.1) is 0 Å². The molecule has 0 spiro atoms. The molecule has 0 bridgehead atoms. The van der Waals surface area contributed by atoms with E-state index in [1.807, 2.05) is 11.0 Å². The predicted octanol–water partition coefficient (Wildman–Crippen LogP) is 3.30. The molecule has 21 heavy (non-hydrogen) atoms. The van der Waals surface area contributed by atoms with Crippen molar-refractivity contribution in [2.45, 2.75) is 65.2 Å². The van der Waals surface area contributed by atoms with Crippen LogP contribution < -0.4 is 0 Å². The van der Waals surface area contributed by atoms with Crippen LogP contribution in [0.2, 0.25) is 0 Å². The molecule has 3 nitrogen and oxygen atoms in total. The maximum absolute atomic E-state index is 12.6. The van der Waals surface area contributed by atoms with Gasteiger partial charge in [-0.25, -0.2) is 0 Å². The Balaban J connectivity index is 2.01. The van der Waals surface area contributed by atoms with Gasteiger partial charge < -0.3 is 4.90 Å². The maximum Gasteiger partial charge on any atom is 0.237 e. The van der Waals surface area contributed by atoms with Crippen molar-refractivity contribution in [3.63, 3.8) is 0 Å². The zero-order valence-corrected chi connectivity index (χ0v) is 13.7. The van der Waals surface area contributed by atoms with Crippen LogP contribution in [0.15, 0.2) is 30.3 Å². The molecule has 116 valence electrons. The molecule has 0 radical (unpaired) electrons. The Bertz CT molecular complexity index is 444. The summed E-state index contributed by atoms with van der Waals surface area (Å²) < 4.78 is 0. The van der Waals surface area contributed by atoms with E-state index in [4.69, 9.17) is 0 Å². The lowest BCUT2D eigenvalue weighted by Gasteiger charge is -2.33. The van der Waals surface area contributed by atoms with E-state index in [1.165, 1.54) is 18.4 Å². The lowest BCUT2D eigenvalue weighted by atomic mass is 10.2. The summed E-state index contributed by atoms with van der Waals surface area (Å²) in [6, 6.07) is 11.6. The molecule has 1 aliphatic carbocycles. The summed E-state index contributed by atoms with van der Waals surface area (Å²) in [7, 11) is 0. The van der Waals surface area contributed by atoms with Gasteiger partial charge in [-0.05, 0) is 46.1 Å². The SMILES string of the molecule is CC(C)N(C(=O)CN(Cc1ccccc1)C1CC1)C(C)C. The molecule has 0 heterocycles. The monoisotopic (exact) mass is 288 g/mol. The van der Waals surface area contributed by atoms with Crippen LogP contribution in [0.1, 0.15) is 46.1 Å². The number of carbonyl (C=O) groups excluding carboxylic acids is 1. The Labute approximate surface area is 128 Å². The van der Waals surface area contributed by atoms with Gasteiger partial charge in [0.05, 0.1) is 6.54 Å². The largest absolute Gasteiger partial charge is 0.337 e. The van der Waals surface area contributed by atoms with E-state index >= 15 is 0 Å². The topological polar surface area (TPSA) is 23.6 Å². The second kappa shape index (κ2) is 7.08. The molecular weight excluding hydrogens is 260 g/mol. The van der Waals surface area contributed by atoms with Crippen LogP contribution >= 0.6 is 0 Å². The Morgan fingerprint density at radius 3 is 2.14 bits per heavy atom. The van der Waals surface area contributed by atoms with Crippen LogP contribution in [-0.2, 0) is 11.3 Å². The van der Waals surface area contributed by atoms with Crippen molar-refractivity contribution < 1.29 is 4.79 Å². The molecule has 2 rings (SSSR count). The third kappa shape index (κ3) is 4.57. The van der Waals surface area contributed by atoms with Crippen molar-refractivity contribution >= 4 is 5.91 Å². The zero-order valence-electron chi connectivity index (χ0n) is 13.7. The van der Waals surface area contributed by atoms with Gasteiger partial charge in [0.25, 0.3) is 0 Å². The number of hydrogen-bond acceptors (Lipinski definition) is 2. The van der Waals surface area contributed by atoms with Gasteiger partial charge >= 0.3 is 0 Å². The highest BCUT2D eigenvalue weighted by atomic mass is 16.2. The molecule has 0 atom stereocenters. The molecule has 1 saturated carbocycles. The molecule has 1 amide bonds. The van der Waals surface area contributed by atoms with Gasteiger partial charge in [0.1, 0.15) is 0 Å². The van der Waals surface area contributed by atoms with E-state index in [-0.39, 0.29) is 18.0 Å². The number of hydrogen-bond donors (Lipinski definition) is 0. The van der Waals surface area contributed by atoms with Gasteiger partial charge in [-0.2, -0.15) is 0 Å². The van der Waals surface area contributed by atoms with Crippen LogP contribution in [0.3, 0.4) is 0 Å². The fourth-order valence-electron chi connectivity index (χ4n) is 3.00. The summed E-state index contributed by atoms with van der Waals surface area (Å²) >= 11 is 0. The van der Waals surface area contributed by atoms with Crippen LogP contribution in [0, 0.1) is 0 Å². The van der Waals surface area contributed by atoms with Crippen molar-refractivity contribution in [1.29, 1.82) is 0 Å². The Morgan fingerprint density at radius 1 is 1.10 bits per heavy atom. The second-order valence-electron chi connectivity index (χ2n) is 6.61. The van der Waals surface area contributed by atoms with Crippen LogP contribution in [0.4, 0.5) is 0 Å². The number of rotatable bonds is 7. The molecule has 1 aromatic carbocycles. The van der Waals surface area contributed by atoms with Crippen LogP contribution in [-0.4, -0.2) is 40.4 Å². The van der Waals surface area contributed by atoms with Gasteiger partial charge in [0.15, 0.2) is 0 Å². The minimum absolute atomic E-state index is 0.253. The smallest absolute Gasteiger partial charge is 0.237 e. The zero-order chi connectivity index (χ0) is 15.4. The highest BCUT2D eigenvalue weighted by Gasteiger charge is 2.32. The van der Waals surface area contributed by atoms with E-state index in [0.717, 1.165) is 6.54 Å². The highest BCUT2D eigenvalue weighted by molar-refractivity contribution is 5.79. The molecule has 0 unspecified atom stereocenters. The molecule has 0 saturated heterocycles. The molecule has 0 aliphatic heterocycles. The third-order valence-corrected chi connectivity index (χ3v) is 4.03. The lowest BCUT2D eigenvalue weighted by molar-refractivity contribution is -0.136. The number of benzene rings is 1. The Hall–Kier alpha value is -1.35. The first kappa shape index (κ1) is 16.0. The summed E-state index contributed by atoms with van der Waals surface area (Å²) in [5.41, 5.74) is 1.29. The number of nitrogens with zero attached hydrogens (tertiary/aromatic N) is 2. The maximum atomic E-state index is 12.6. The lowest BCUT2D eigenvalue weighted by Crippen LogP contribution is -2.47. The quantitative estimate of drug-likeness (QED) is 0.768. The first-order valence-electron chi connectivity index (χ1n) is 8.08. The number of amides is 1. The van der Waals surface area contributed by atoms with Crippen molar-refractivity contribution in [3.05, 3.63) is 35.9 Å². The van der Waals surface area contributed by atoms with Crippen LogP contribution in [0.5, 0.6) is 0 Å². The summed E-state index contributed by atoms with van der Waals surface area (Å²) in [4.78, 5) is 17.0. The van der Waals surface area contributed by atoms with Crippen molar-refractivity contribution in [2.75, 3.05) is 6.54 Å². The summed E-state index contributed by atoms with van der Waals surface area (Å²) in [5, 5.41) is 0. The normalized spacial score (nSPS) is 15.0. The average Bonchev–Trinajstić information content (AvgIpc) is 3.22. The van der Waals surface area contributed by atoms with Gasteiger partial charge in [-0.3, -0.25) is 9.69 Å². The van der Waals surface area contributed by atoms with E-state index in [9.17, 15) is 4.79 Å². The minimum atomic E-state index is 0.253. The molecule has 0 N–H and O–H groups in total. The fraction of sp³-hybridized carbons (Fsp3) is 0.611. The number of carbonyl (C=O) groups is 1. The second-order valence-corrected chi connectivity index (χ2v) is 6.61. The minimum Gasteiger partial charge on any atom is -0.337 e.